The second kappa shape index (κ2) is 6.74. The molecule has 3 aromatic rings. The molecule has 0 bridgehead atoms. The van der Waals surface area contributed by atoms with Crippen molar-refractivity contribution in [3.05, 3.63) is 58.5 Å². The zero-order valence-electron chi connectivity index (χ0n) is 16.7. The monoisotopic (exact) mass is 375 g/mol. The molecule has 5 rings (SSSR count). The topological polar surface area (TPSA) is 49.2 Å². The van der Waals surface area contributed by atoms with Crippen LogP contribution in [-0.4, -0.2) is 34.1 Å². The number of aryl methyl sites for hydroxylation is 2. The van der Waals surface area contributed by atoms with E-state index in [1.54, 1.807) is 0 Å². The third-order valence-corrected chi connectivity index (χ3v) is 5.60. The Balaban J connectivity index is 1.70. The van der Waals surface area contributed by atoms with E-state index in [0.717, 1.165) is 66.6 Å². The smallest absolute Gasteiger partial charge is 0.124 e. The first-order valence-corrected chi connectivity index (χ1v) is 10.0. The van der Waals surface area contributed by atoms with Crippen LogP contribution in [0, 0.1) is 13.8 Å². The fourth-order valence-electron chi connectivity index (χ4n) is 4.35. The Morgan fingerprint density at radius 2 is 1.86 bits per heavy atom. The van der Waals surface area contributed by atoms with Gasteiger partial charge in [0.15, 0.2) is 0 Å². The third kappa shape index (κ3) is 3.00. The quantitative estimate of drug-likeness (QED) is 0.680. The Morgan fingerprint density at radius 1 is 1.04 bits per heavy atom. The second-order valence-corrected chi connectivity index (χ2v) is 7.85. The predicted octanol–water partition coefficient (Wildman–Crippen LogP) is 3.99. The number of fused-ring (bicyclic) bond motifs is 2. The number of aromatic nitrogens is 3. The van der Waals surface area contributed by atoms with Crippen LogP contribution in [0.3, 0.4) is 0 Å². The first kappa shape index (κ1) is 17.4. The molecule has 1 atom stereocenters. The molecule has 5 nitrogen and oxygen atoms in total. The number of ether oxygens (including phenoxy) is 2. The van der Waals surface area contributed by atoms with Gasteiger partial charge in [0.1, 0.15) is 5.75 Å². The van der Waals surface area contributed by atoms with Crippen LogP contribution in [0.4, 0.5) is 0 Å². The van der Waals surface area contributed by atoms with Crippen LogP contribution in [0.25, 0.3) is 16.9 Å². The largest absolute Gasteiger partial charge is 0.493 e. The van der Waals surface area contributed by atoms with Crippen molar-refractivity contribution in [3.63, 3.8) is 0 Å². The van der Waals surface area contributed by atoms with E-state index >= 15 is 0 Å². The highest BCUT2D eigenvalue weighted by atomic mass is 16.5. The average molecular weight is 375 g/mol. The van der Waals surface area contributed by atoms with Gasteiger partial charge in [-0.05, 0) is 51.0 Å². The van der Waals surface area contributed by atoms with Gasteiger partial charge >= 0.3 is 0 Å². The van der Waals surface area contributed by atoms with E-state index in [4.69, 9.17) is 14.6 Å². The van der Waals surface area contributed by atoms with E-state index in [1.807, 2.05) is 13.8 Å². The van der Waals surface area contributed by atoms with Crippen molar-refractivity contribution in [1.29, 1.82) is 0 Å². The van der Waals surface area contributed by atoms with E-state index < -0.39 is 0 Å². The van der Waals surface area contributed by atoms with Gasteiger partial charge in [-0.25, -0.2) is 4.68 Å². The zero-order valence-corrected chi connectivity index (χ0v) is 16.7. The van der Waals surface area contributed by atoms with Crippen molar-refractivity contribution >= 4 is 0 Å². The minimum absolute atomic E-state index is 0.177. The summed E-state index contributed by atoms with van der Waals surface area (Å²) in [7, 11) is 0. The van der Waals surface area contributed by atoms with Gasteiger partial charge in [-0.1, -0.05) is 6.07 Å². The lowest BCUT2D eigenvalue weighted by atomic mass is 10.0. The highest BCUT2D eigenvalue weighted by Gasteiger charge is 2.25. The maximum absolute atomic E-state index is 5.97. The summed E-state index contributed by atoms with van der Waals surface area (Å²) in [6.07, 6.45) is 2.88. The summed E-state index contributed by atoms with van der Waals surface area (Å²) < 4.78 is 13.9. The Kier molecular flexibility index (Phi) is 4.20. The molecule has 0 aliphatic carbocycles. The van der Waals surface area contributed by atoms with Crippen molar-refractivity contribution in [1.82, 2.24) is 14.8 Å². The highest BCUT2D eigenvalue weighted by Crippen LogP contribution is 2.34. The van der Waals surface area contributed by atoms with Gasteiger partial charge in [0.2, 0.25) is 0 Å². The molecule has 1 aromatic carbocycles. The molecule has 2 aliphatic heterocycles. The lowest BCUT2D eigenvalue weighted by Gasteiger charge is -2.12. The van der Waals surface area contributed by atoms with Gasteiger partial charge in [-0.15, -0.1) is 0 Å². The van der Waals surface area contributed by atoms with E-state index in [9.17, 15) is 0 Å². The third-order valence-electron chi connectivity index (χ3n) is 5.60. The van der Waals surface area contributed by atoms with Gasteiger partial charge in [0.25, 0.3) is 0 Å². The van der Waals surface area contributed by atoms with Crippen LogP contribution >= 0.6 is 0 Å². The zero-order chi connectivity index (χ0) is 19.3. The van der Waals surface area contributed by atoms with Gasteiger partial charge in [-0.2, -0.15) is 5.10 Å². The Labute approximate surface area is 165 Å². The molecule has 144 valence electrons. The van der Waals surface area contributed by atoms with Crippen LogP contribution in [0.1, 0.15) is 35.1 Å². The summed E-state index contributed by atoms with van der Waals surface area (Å²) >= 11 is 0. The van der Waals surface area contributed by atoms with E-state index in [1.165, 1.54) is 16.8 Å². The molecule has 0 radical (unpaired) electrons. The molecule has 28 heavy (non-hydrogen) atoms. The normalized spacial score (nSPS) is 18.3. The number of rotatable bonds is 2. The lowest BCUT2D eigenvalue weighted by molar-refractivity contribution is 0.0735. The molecule has 0 saturated carbocycles. The summed E-state index contributed by atoms with van der Waals surface area (Å²) in [6, 6.07) is 10.7. The second-order valence-electron chi connectivity index (χ2n) is 7.85. The predicted molar refractivity (Wildman–Crippen MR) is 108 cm³/mol. The molecule has 0 unspecified atom stereocenters. The van der Waals surface area contributed by atoms with Crippen LogP contribution in [0.15, 0.2) is 30.3 Å². The summed E-state index contributed by atoms with van der Waals surface area (Å²) in [6.45, 7) is 7.70. The maximum Gasteiger partial charge on any atom is 0.124 e. The fourth-order valence-corrected chi connectivity index (χ4v) is 4.35. The average Bonchev–Trinajstić information content (AvgIpc) is 3.20. The fraction of sp³-hybridized carbons (Fsp3) is 0.391. The number of hydrogen-bond acceptors (Lipinski definition) is 4. The molecule has 0 saturated heterocycles. The number of pyridine rings is 1. The molecule has 0 amide bonds. The van der Waals surface area contributed by atoms with Gasteiger partial charge < -0.3 is 9.47 Å². The molecule has 4 heterocycles. The summed E-state index contributed by atoms with van der Waals surface area (Å²) in [5.41, 5.74) is 9.07. The van der Waals surface area contributed by atoms with Crippen molar-refractivity contribution in [3.8, 4) is 22.7 Å². The molecule has 2 aliphatic rings. The van der Waals surface area contributed by atoms with Gasteiger partial charge in [0, 0.05) is 41.4 Å². The van der Waals surface area contributed by atoms with E-state index in [0.29, 0.717) is 0 Å². The van der Waals surface area contributed by atoms with Crippen molar-refractivity contribution in [2.24, 2.45) is 0 Å². The van der Waals surface area contributed by atoms with Crippen LogP contribution in [0.5, 0.6) is 5.75 Å². The Hall–Kier alpha value is -2.66. The maximum atomic E-state index is 5.97. The number of hydrogen-bond donors (Lipinski definition) is 0. The van der Waals surface area contributed by atoms with Crippen LogP contribution < -0.4 is 4.74 Å². The van der Waals surface area contributed by atoms with Crippen molar-refractivity contribution < 1.29 is 9.47 Å². The minimum atomic E-state index is 0.177. The van der Waals surface area contributed by atoms with Crippen molar-refractivity contribution in [2.45, 2.75) is 46.1 Å². The number of benzene rings is 1. The molecule has 5 heteroatoms. The summed E-state index contributed by atoms with van der Waals surface area (Å²) in [5.74, 6) is 0.983. The Morgan fingerprint density at radius 3 is 2.68 bits per heavy atom. The van der Waals surface area contributed by atoms with Gasteiger partial charge in [0.05, 0.1) is 36.4 Å². The van der Waals surface area contributed by atoms with Crippen LogP contribution in [-0.2, 0) is 24.0 Å². The number of nitrogens with zero attached hydrogens (tertiary/aromatic N) is 3. The van der Waals surface area contributed by atoms with E-state index in [-0.39, 0.29) is 6.10 Å². The van der Waals surface area contributed by atoms with Crippen LogP contribution in [0.2, 0.25) is 0 Å². The van der Waals surface area contributed by atoms with E-state index in [2.05, 4.69) is 46.9 Å². The highest BCUT2D eigenvalue weighted by molar-refractivity contribution is 5.66. The summed E-state index contributed by atoms with van der Waals surface area (Å²) in [4.78, 5) is 4.53. The molecule has 0 fully saturated rings. The first-order valence-electron chi connectivity index (χ1n) is 10.0. The van der Waals surface area contributed by atoms with Gasteiger partial charge in [-0.3, -0.25) is 4.98 Å². The lowest BCUT2D eigenvalue weighted by Crippen LogP contribution is -2.13. The minimum Gasteiger partial charge on any atom is -0.493 e. The standard InChI is InChI=1S/C23H25N3O2/c1-14-10-18(11-15(2)24-14)23-20-7-9-27-16(3)12-21(20)26(25-23)19-5-4-17-6-8-28-22(17)13-19/h4-5,10-11,13,16H,6-9,12H2,1-3H3/t16-/m1/s1. The molecule has 0 spiro atoms. The molecule has 0 N–H and O–H groups in total. The first-order chi connectivity index (χ1) is 13.6. The molecule has 2 aromatic heterocycles. The SMILES string of the molecule is Cc1cc(-c2nn(-c3ccc4c(c3)OCC4)c3c2CCO[C@H](C)C3)cc(C)n1. The molecular weight excluding hydrogens is 350 g/mol. The molecular formula is C23H25N3O2. The Bertz CT molecular complexity index is 1030. The van der Waals surface area contributed by atoms with Crippen molar-refractivity contribution in [2.75, 3.05) is 13.2 Å². The summed E-state index contributed by atoms with van der Waals surface area (Å²) in [5, 5.41) is 5.09.